The maximum Gasteiger partial charge on any atom is 0.277 e. The molecule has 0 aromatic heterocycles. The summed E-state index contributed by atoms with van der Waals surface area (Å²) in [6.07, 6.45) is 0. The average molecular weight is 325 g/mol. The van der Waals surface area contributed by atoms with E-state index in [1.54, 1.807) is 12.1 Å². The van der Waals surface area contributed by atoms with Crippen LogP contribution in [0.25, 0.3) is 0 Å². The maximum atomic E-state index is 11.9. The third-order valence-electron chi connectivity index (χ3n) is 3.55. The summed E-state index contributed by atoms with van der Waals surface area (Å²) in [6.45, 7) is 5.89. The number of anilines is 1. The zero-order valence-electron chi connectivity index (χ0n) is 14.2. The molecule has 0 saturated carbocycles. The monoisotopic (exact) mass is 325 g/mol. The molecule has 2 aromatic rings. The molecule has 3 N–H and O–H groups in total. The third kappa shape index (κ3) is 4.84. The predicted octanol–water partition coefficient (Wildman–Crippen LogP) is 3.31. The fraction of sp³-hybridized carbons (Fsp3) is 0.263. The number of nitrogens with two attached hydrogens (primary N) is 1. The van der Waals surface area contributed by atoms with Gasteiger partial charge < -0.3 is 10.5 Å². The van der Waals surface area contributed by atoms with E-state index in [9.17, 15) is 4.79 Å². The normalized spacial score (nSPS) is 11.4. The first-order valence-electron chi connectivity index (χ1n) is 7.88. The van der Waals surface area contributed by atoms with Crippen LogP contribution in [0, 0.1) is 0 Å². The minimum atomic E-state index is -0.309. The number of nitrogens with one attached hydrogen (secondary N) is 1. The smallest absolute Gasteiger partial charge is 0.277 e. The Morgan fingerprint density at radius 1 is 1.21 bits per heavy atom. The lowest BCUT2D eigenvalue weighted by Gasteiger charge is -2.13. The molecule has 0 aliphatic rings. The summed E-state index contributed by atoms with van der Waals surface area (Å²) < 4.78 is 5.62. The quantitative estimate of drug-likeness (QED) is 0.486. The third-order valence-corrected chi connectivity index (χ3v) is 3.55. The Morgan fingerprint density at radius 2 is 1.96 bits per heavy atom. The highest BCUT2D eigenvalue weighted by Gasteiger charge is 2.09. The van der Waals surface area contributed by atoms with Crippen molar-refractivity contribution < 1.29 is 9.53 Å². The number of para-hydroxylation sites is 1. The lowest BCUT2D eigenvalue weighted by atomic mass is 10.0. The summed E-state index contributed by atoms with van der Waals surface area (Å²) in [5.74, 6) is 0.740. The van der Waals surface area contributed by atoms with Gasteiger partial charge in [-0.2, -0.15) is 5.10 Å². The number of ether oxygens (including phenoxy) is 1. The molecule has 0 aliphatic carbocycles. The van der Waals surface area contributed by atoms with Crippen molar-refractivity contribution in [2.24, 2.45) is 5.10 Å². The number of benzene rings is 2. The summed E-state index contributed by atoms with van der Waals surface area (Å²) in [5, 5.41) is 4.09. The topological polar surface area (TPSA) is 76.7 Å². The molecule has 126 valence electrons. The molecule has 1 amide bonds. The van der Waals surface area contributed by atoms with Gasteiger partial charge >= 0.3 is 0 Å². The molecule has 0 radical (unpaired) electrons. The van der Waals surface area contributed by atoms with Gasteiger partial charge in [-0.1, -0.05) is 44.2 Å². The first kappa shape index (κ1) is 17.5. The summed E-state index contributed by atoms with van der Waals surface area (Å²) >= 11 is 0. The second-order valence-electron chi connectivity index (χ2n) is 5.84. The largest absolute Gasteiger partial charge is 0.483 e. The Labute approximate surface area is 142 Å². The van der Waals surface area contributed by atoms with E-state index in [-0.39, 0.29) is 12.5 Å². The van der Waals surface area contributed by atoms with Crippen LogP contribution in [-0.4, -0.2) is 18.2 Å². The SMILES string of the molecule is C/C(=N\NC(=O)COc1ccccc1C(C)C)c1cccc(N)c1. The lowest BCUT2D eigenvalue weighted by molar-refractivity contribution is -0.123. The highest BCUT2D eigenvalue weighted by Crippen LogP contribution is 2.25. The van der Waals surface area contributed by atoms with Gasteiger partial charge in [0.2, 0.25) is 0 Å². The van der Waals surface area contributed by atoms with Crippen molar-refractivity contribution in [2.75, 3.05) is 12.3 Å². The molecule has 0 atom stereocenters. The van der Waals surface area contributed by atoms with E-state index in [2.05, 4.69) is 24.4 Å². The zero-order valence-corrected chi connectivity index (χ0v) is 14.2. The fourth-order valence-corrected chi connectivity index (χ4v) is 2.24. The van der Waals surface area contributed by atoms with Crippen molar-refractivity contribution >= 4 is 17.3 Å². The van der Waals surface area contributed by atoms with Crippen LogP contribution in [0.15, 0.2) is 53.6 Å². The van der Waals surface area contributed by atoms with E-state index in [1.807, 2.05) is 43.3 Å². The molecular weight excluding hydrogens is 302 g/mol. The molecule has 2 rings (SSSR count). The summed E-state index contributed by atoms with van der Waals surface area (Å²) in [4.78, 5) is 11.9. The summed E-state index contributed by atoms with van der Waals surface area (Å²) in [5.41, 5.74) is 11.5. The minimum absolute atomic E-state index is 0.0859. The van der Waals surface area contributed by atoms with E-state index in [0.717, 1.165) is 16.9 Å². The Hall–Kier alpha value is -2.82. The fourth-order valence-electron chi connectivity index (χ4n) is 2.24. The van der Waals surface area contributed by atoms with Crippen LogP contribution in [-0.2, 0) is 4.79 Å². The number of hydrogen-bond acceptors (Lipinski definition) is 4. The molecule has 5 nitrogen and oxygen atoms in total. The molecule has 0 fully saturated rings. The minimum Gasteiger partial charge on any atom is -0.483 e. The van der Waals surface area contributed by atoms with Crippen molar-refractivity contribution in [1.29, 1.82) is 0 Å². The highest BCUT2D eigenvalue weighted by atomic mass is 16.5. The van der Waals surface area contributed by atoms with Gasteiger partial charge in [-0.05, 0) is 42.2 Å². The first-order chi connectivity index (χ1) is 11.5. The predicted molar refractivity (Wildman–Crippen MR) is 97.2 cm³/mol. The number of carbonyl (C=O) groups is 1. The van der Waals surface area contributed by atoms with Crippen LogP contribution in [0.1, 0.15) is 37.8 Å². The zero-order chi connectivity index (χ0) is 17.5. The highest BCUT2D eigenvalue weighted by molar-refractivity contribution is 5.99. The average Bonchev–Trinajstić information content (AvgIpc) is 2.58. The number of hydrogen-bond donors (Lipinski definition) is 2. The van der Waals surface area contributed by atoms with Crippen molar-refractivity contribution in [1.82, 2.24) is 5.43 Å². The molecule has 0 spiro atoms. The molecular formula is C19H23N3O2. The molecule has 0 saturated heterocycles. The molecule has 0 aliphatic heterocycles. The van der Waals surface area contributed by atoms with E-state index >= 15 is 0 Å². The molecule has 24 heavy (non-hydrogen) atoms. The standard InChI is InChI=1S/C19H23N3O2/c1-13(2)17-9-4-5-10-18(17)24-12-19(23)22-21-14(3)15-7-6-8-16(20)11-15/h4-11,13H,12,20H2,1-3H3,(H,22,23)/b21-14+. The van der Waals surface area contributed by atoms with Crippen LogP contribution in [0.4, 0.5) is 5.69 Å². The van der Waals surface area contributed by atoms with Crippen molar-refractivity contribution in [2.45, 2.75) is 26.7 Å². The van der Waals surface area contributed by atoms with E-state index < -0.39 is 0 Å². The van der Waals surface area contributed by atoms with E-state index in [0.29, 0.717) is 17.3 Å². The Kier molecular flexibility index (Phi) is 5.95. The van der Waals surface area contributed by atoms with Crippen LogP contribution >= 0.6 is 0 Å². The Balaban J connectivity index is 1.93. The van der Waals surface area contributed by atoms with E-state index in [4.69, 9.17) is 10.5 Å². The Morgan fingerprint density at radius 3 is 2.67 bits per heavy atom. The van der Waals surface area contributed by atoms with Crippen LogP contribution in [0.2, 0.25) is 0 Å². The second kappa shape index (κ2) is 8.15. The van der Waals surface area contributed by atoms with Gasteiger partial charge in [-0.25, -0.2) is 5.43 Å². The van der Waals surface area contributed by atoms with E-state index in [1.165, 1.54) is 0 Å². The van der Waals surface area contributed by atoms with Gasteiger partial charge in [-0.15, -0.1) is 0 Å². The number of nitrogen functional groups attached to an aromatic ring is 1. The second-order valence-corrected chi connectivity index (χ2v) is 5.84. The van der Waals surface area contributed by atoms with Gasteiger partial charge in [0, 0.05) is 5.69 Å². The molecule has 0 unspecified atom stereocenters. The molecule has 0 bridgehead atoms. The number of amides is 1. The van der Waals surface area contributed by atoms with Gasteiger partial charge in [0.25, 0.3) is 5.91 Å². The van der Waals surface area contributed by atoms with Crippen molar-refractivity contribution in [3.05, 3.63) is 59.7 Å². The van der Waals surface area contributed by atoms with Gasteiger partial charge in [-0.3, -0.25) is 4.79 Å². The van der Waals surface area contributed by atoms with Crippen molar-refractivity contribution in [3.8, 4) is 5.75 Å². The van der Waals surface area contributed by atoms with Crippen molar-refractivity contribution in [3.63, 3.8) is 0 Å². The van der Waals surface area contributed by atoms with Crippen LogP contribution in [0.3, 0.4) is 0 Å². The number of hydrazone groups is 1. The lowest BCUT2D eigenvalue weighted by Crippen LogP contribution is -2.25. The maximum absolute atomic E-state index is 11.9. The summed E-state index contributed by atoms with van der Waals surface area (Å²) in [7, 11) is 0. The molecule has 2 aromatic carbocycles. The number of carbonyl (C=O) groups excluding carboxylic acids is 1. The number of nitrogens with zero attached hydrogens (tertiary/aromatic N) is 1. The van der Waals surface area contributed by atoms with Crippen LogP contribution in [0.5, 0.6) is 5.75 Å². The van der Waals surface area contributed by atoms with Crippen LogP contribution < -0.4 is 15.9 Å². The first-order valence-corrected chi connectivity index (χ1v) is 7.88. The summed E-state index contributed by atoms with van der Waals surface area (Å²) in [6, 6.07) is 15.1. The molecule has 5 heteroatoms. The van der Waals surface area contributed by atoms with Gasteiger partial charge in [0.1, 0.15) is 5.75 Å². The number of rotatable bonds is 6. The Bertz CT molecular complexity index is 739. The molecule has 0 heterocycles. The van der Waals surface area contributed by atoms with Gasteiger partial charge in [0.15, 0.2) is 6.61 Å². The van der Waals surface area contributed by atoms with Gasteiger partial charge in [0.05, 0.1) is 5.71 Å².